The second-order valence-corrected chi connectivity index (χ2v) is 4.63. The highest BCUT2D eigenvalue weighted by atomic mass is 16.4. The minimum absolute atomic E-state index is 0.0120. The number of urea groups is 1. The number of carbonyl (C=O) groups is 2. The van der Waals surface area contributed by atoms with Crippen molar-refractivity contribution < 1.29 is 19.8 Å². The summed E-state index contributed by atoms with van der Waals surface area (Å²) in [5.74, 6) is -0.825. The Morgan fingerprint density at radius 1 is 1.33 bits per heavy atom. The summed E-state index contributed by atoms with van der Waals surface area (Å²) in [7, 11) is 0. The van der Waals surface area contributed by atoms with Gasteiger partial charge in [-0.05, 0) is 25.7 Å². The molecule has 0 aliphatic rings. The molecule has 6 heteroatoms. The predicted octanol–water partition coefficient (Wildman–Crippen LogP) is 0.900. The van der Waals surface area contributed by atoms with Crippen molar-refractivity contribution >= 4 is 12.0 Å². The molecule has 0 saturated carbocycles. The van der Waals surface area contributed by atoms with Crippen molar-refractivity contribution in [2.24, 2.45) is 5.92 Å². The second-order valence-electron chi connectivity index (χ2n) is 4.63. The Balaban J connectivity index is 4.41. The van der Waals surface area contributed by atoms with E-state index in [1.54, 1.807) is 0 Å². The van der Waals surface area contributed by atoms with Gasteiger partial charge in [0.05, 0.1) is 0 Å². The first kappa shape index (κ1) is 16.7. The number of carboxylic acid groups (broad SMARTS) is 1. The van der Waals surface area contributed by atoms with Crippen LogP contribution in [0.15, 0.2) is 0 Å². The van der Waals surface area contributed by atoms with Gasteiger partial charge < -0.3 is 20.4 Å². The van der Waals surface area contributed by atoms with E-state index < -0.39 is 12.0 Å². The van der Waals surface area contributed by atoms with Crippen molar-refractivity contribution in [3.05, 3.63) is 0 Å². The molecule has 0 spiro atoms. The number of aliphatic hydroxyl groups is 1. The molecule has 0 saturated heterocycles. The van der Waals surface area contributed by atoms with E-state index >= 15 is 0 Å². The van der Waals surface area contributed by atoms with Gasteiger partial charge in [0.1, 0.15) is 6.04 Å². The first-order valence-electron chi connectivity index (χ1n) is 6.31. The van der Waals surface area contributed by atoms with Crippen LogP contribution in [0.4, 0.5) is 4.79 Å². The number of nitrogens with zero attached hydrogens (tertiary/aromatic N) is 1. The molecule has 0 unspecified atom stereocenters. The van der Waals surface area contributed by atoms with Crippen LogP contribution in [0.25, 0.3) is 0 Å². The third-order valence-corrected chi connectivity index (χ3v) is 2.56. The van der Waals surface area contributed by atoms with E-state index in [1.807, 2.05) is 20.8 Å². The van der Waals surface area contributed by atoms with Crippen molar-refractivity contribution in [1.29, 1.82) is 0 Å². The van der Waals surface area contributed by atoms with Crippen LogP contribution in [-0.4, -0.2) is 52.9 Å². The van der Waals surface area contributed by atoms with Gasteiger partial charge in [-0.3, -0.25) is 0 Å². The Morgan fingerprint density at radius 2 is 1.94 bits per heavy atom. The number of aliphatic carboxylic acids is 1. The lowest BCUT2D eigenvalue weighted by molar-refractivity contribution is -0.139. The molecule has 0 heterocycles. The van der Waals surface area contributed by atoms with Crippen molar-refractivity contribution in [3.63, 3.8) is 0 Å². The van der Waals surface area contributed by atoms with E-state index in [2.05, 4.69) is 5.32 Å². The van der Waals surface area contributed by atoms with Crippen LogP contribution in [-0.2, 0) is 4.79 Å². The molecule has 6 nitrogen and oxygen atoms in total. The molecule has 0 aliphatic carbocycles. The third kappa shape index (κ3) is 6.44. The summed E-state index contributed by atoms with van der Waals surface area (Å²) < 4.78 is 0. The lowest BCUT2D eigenvalue weighted by atomic mass is 10.0. The number of aliphatic hydroxyl groups excluding tert-OH is 1. The van der Waals surface area contributed by atoms with E-state index in [-0.39, 0.29) is 18.6 Å². The van der Waals surface area contributed by atoms with Crippen LogP contribution < -0.4 is 5.32 Å². The molecule has 0 fully saturated rings. The largest absolute Gasteiger partial charge is 0.480 e. The maximum atomic E-state index is 11.8. The Kier molecular flexibility index (Phi) is 8.11. The number of carboxylic acids is 1. The SMILES string of the molecule is CCN(CCCO)C(=O)N[C@@H](CC(C)C)C(=O)O. The third-order valence-electron chi connectivity index (χ3n) is 2.56. The molecular formula is C12H24N2O4. The maximum Gasteiger partial charge on any atom is 0.326 e. The van der Waals surface area contributed by atoms with Gasteiger partial charge in [-0.1, -0.05) is 13.8 Å². The van der Waals surface area contributed by atoms with Gasteiger partial charge in [-0.25, -0.2) is 9.59 Å². The zero-order valence-corrected chi connectivity index (χ0v) is 11.3. The van der Waals surface area contributed by atoms with E-state index in [0.717, 1.165) is 0 Å². The van der Waals surface area contributed by atoms with Crippen molar-refractivity contribution in [3.8, 4) is 0 Å². The van der Waals surface area contributed by atoms with Gasteiger partial charge in [-0.2, -0.15) is 0 Å². The van der Waals surface area contributed by atoms with Gasteiger partial charge in [0, 0.05) is 19.7 Å². The molecule has 2 amide bonds. The molecule has 106 valence electrons. The number of nitrogens with one attached hydrogen (secondary N) is 1. The zero-order valence-electron chi connectivity index (χ0n) is 11.3. The van der Waals surface area contributed by atoms with E-state index in [1.165, 1.54) is 4.90 Å². The summed E-state index contributed by atoms with van der Waals surface area (Å²) in [6, 6.07) is -1.25. The summed E-state index contributed by atoms with van der Waals surface area (Å²) in [5, 5.41) is 20.3. The van der Waals surface area contributed by atoms with E-state index in [0.29, 0.717) is 25.9 Å². The van der Waals surface area contributed by atoms with Crippen molar-refractivity contribution in [2.75, 3.05) is 19.7 Å². The lowest BCUT2D eigenvalue weighted by Crippen LogP contribution is -2.48. The Morgan fingerprint density at radius 3 is 2.33 bits per heavy atom. The Labute approximate surface area is 108 Å². The quantitative estimate of drug-likeness (QED) is 0.605. The molecular weight excluding hydrogens is 236 g/mol. The minimum Gasteiger partial charge on any atom is -0.480 e. The van der Waals surface area contributed by atoms with Crippen LogP contribution in [0.2, 0.25) is 0 Å². The number of hydrogen-bond donors (Lipinski definition) is 3. The van der Waals surface area contributed by atoms with Crippen LogP contribution in [0.1, 0.15) is 33.6 Å². The fourth-order valence-corrected chi connectivity index (χ4v) is 1.60. The van der Waals surface area contributed by atoms with Gasteiger partial charge in [0.2, 0.25) is 0 Å². The summed E-state index contributed by atoms with van der Waals surface area (Å²) in [6.07, 6.45) is 0.891. The summed E-state index contributed by atoms with van der Waals surface area (Å²) >= 11 is 0. The molecule has 0 aromatic heterocycles. The lowest BCUT2D eigenvalue weighted by Gasteiger charge is -2.24. The number of hydrogen-bond acceptors (Lipinski definition) is 3. The molecule has 0 bridgehead atoms. The van der Waals surface area contributed by atoms with Crippen molar-refractivity contribution in [1.82, 2.24) is 10.2 Å². The Bertz CT molecular complexity index is 269. The summed E-state index contributed by atoms with van der Waals surface area (Å²) in [6.45, 7) is 6.55. The van der Waals surface area contributed by atoms with Gasteiger partial charge in [0.25, 0.3) is 0 Å². The molecule has 1 atom stereocenters. The van der Waals surface area contributed by atoms with Crippen molar-refractivity contribution in [2.45, 2.75) is 39.7 Å². The first-order valence-corrected chi connectivity index (χ1v) is 6.31. The van der Waals surface area contributed by atoms with Crippen LogP contribution in [0.5, 0.6) is 0 Å². The molecule has 0 rings (SSSR count). The average molecular weight is 260 g/mol. The number of rotatable bonds is 8. The smallest absolute Gasteiger partial charge is 0.326 e. The van der Waals surface area contributed by atoms with Gasteiger partial charge in [-0.15, -0.1) is 0 Å². The summed E-state index contributed by atoms with van der Waals surface area (Å²) in [5.41, 5.74) is 0. The average Bonchev–Trinajstić information content (AvgIpc) is 2.28. The zero-order chi connectivity index (χ0) is 14.1. The first-order chi connectivity index (χ1) is 8.42. The number of amides is 2. The predicted molar refractivity (Wildman–Crippen MR) is 68.4 cm³/mol. The fourth-order valence-electron chi connectivity index (χ4n) is 1.60. The monoisotopic (exact) mass is 260 g/mol. The highest BCUT2D eigenvalue weighted by Crippen LogP contribution is 2.06. The van der Waals surface area contributed by atoms with Gasteiger partial charge in [0.15, 0.2) is 0 Å². The topological polar surface area (TPSA) is 89.9 Å². The Hall–Kier alpha value is -1.30. The molecule has 18 heavy (non-hydrogen) atoms. The van der Waals surface area contributed by atoms with Crippen LogP contribution >= 0.6 is 0 Å². The standard InChI is InChI=1S/C12H24N2O4/c1-4-14(6-5-7-15)12(18)13-10(11(16)17)8-9(2)3/h9-10,15H,4-8H2,1-3H3,(H,13,18)(H,16,17)/t10-/m0/s1. The molecule has 0 radical (unpaired) electrons. The van der Waals surface area contributed by atoms with E-state index in [4.69, 9.17) is 10.2 Å². The van der Waals surface area contributed by atoms with Crippen LogP contribution in [0.3, 0.4) is 0 Å². The second kappa shape index (κ2) is 8.74. The highest BCUT2D eigenvalue weighted by Gasteiger charge is 2.23. The number of carbonyl (C=O) groups excluding carboxylic acids is 1. The minimum atomic E-state index is -1.02. The van der Waals surface area contributed by atoms with Gasteiger partial charge >= 0.3 is 12.0 Å². The maximum absolute atomic E-state index is 11.8. The molecule has 0 aromatic carbocycles. The molecule has 0 aliphatic heterocycles. The fraction of sp³-hybridized carbons (Fsp3) is 0.833. The normalized spacial score (nSPS) is 12.3. The molecule has 3 N–H and O–H groups in total. The van der Waals surface area contributed by atoms with E-state index in [9.17, 15) is 9.59 Å². The highest BCUT2D eigenvalue weighted by molar-refractivity contribution is 5.82. The molecule has 0 aromatic rings. The summed E-state index contributed by atoms with van der Waals surface area (Å²) in [4.78, 5) is 24.4. The van der Waals surface area contributed by atoms with Crippen LogP contribution in [0, 0.1) is 5.92 Å².